The Morgan fingerprint density at radius 2 is 2.24 bits per heavy atom. The zero-order chi connectivity index (χ0) is 14.8. The van der Waals surface area contributed by atoms with Crippen LogP contribution in [0.5, 0.6) is 0 Å². The smallest absolute Gasteiger partial charge is 0.276 e. The molecule has 3 aromatic rings. The highest BCUT2D eigenvalue weighted by molar-refractivity contribution is 7.22. The first kappa shape index (κ1) is 14.1. The highest BCUT2D eigenvalue weighted by atomic mass is 32.1. The molecule has 3 rings (SSSR count). The zero-order valence-corrected chi connectivity index (χ0v) is 13.1. The number of benzene rings is 1. The zero-order valence-electron chi connectivity index (χ0n) is 11.4. The van der Waals surface area contributed by atoms with Gasteiger partial charge in [-0.05, 0) is 31.2 Å². The van der Waals surface area contributed by atoms with E-state index in [9.17, 15) is 4.79 Å². The van der Waals surface area contributed by atoms with Crippen molar-refractivity contribution in [1.82, 2.24) is 9.97 Å². The second-order valence-corrected chi connectivity index (χ2v) is 6.58. The lowest BCUT2D eigenvalue weighted by Gasteiger charge is -1.96. The molecule has 108 valence electrons. The maximum Gasteiger partial charge on any atom is 0.276 e. The Balaban J connectivity index is 1.78. The lowest BCUT2D eigenvalue weighted by atomic mass is 10.2. The summed E-state index contributed by atoms with van der Waals surface area (Å²) < 4.78 is 1.06. The number of nitrogens with zero attached hydrogens (tertiary/aromatic N) is 2. The third-order valence-electron chi connectivity index (χ3n) is 2.91. The van der Waals surface area contributed by atoms with E-state index in [1.54, 1.807) is 5.38 Å². The molecule has 0 aliphatic heterocycles. The Hall–Kier alpha value is -1.83. The molecule has 1 aromatic carbocycles. The predicted molar refractivity (Wildman–Crippen MR) is 87.2 cm³/mol. The number of aryl methyl sites for hydroxylation is 1. The summed E-state index contributed by atoms with van der Waals surface area (Å²) in [4.78, 5) is 20.8. The number of anilines is 1. The first-order valence-electron chi connectivity index (χ1n) is 6.49. The van der Waals surface area contributed by atoms with Gasteiger partial charge in [-0.3, -0.25) is 10.1 Å². The number of carbonyl (C=O) groups is 1. The van der Waals surface area contributed by atoms with Crippen LogP contribution in [0.1, 0.15) is 21.1 Å². The van der Waals surface area contributed by atoms with Gasteiger partial charge in [0.15, 0.2) is 5.13 Å². The lowest BCUT2D eigenvalue weighted by molar-refractivity contribution is 0.102. The molecule has 0 bridgehead atoms. The van der Waals surface area contributed by atoms with Crippen molar-refractivity contribution < 1.29 is 4.79 Å². The topological polar surface area (TPSA) is 80.9 Å². The summed E-state index contributed by atoms with van der Waals surface area (Å²) in [6.45, 7) is 2.57. The highest BCUT2D eigenvalue weighted by Gasteiger charge is 2.13. The van der Waals surface area contributed by atoms with Crippen LogP contribution in [0.2, 0.25) is 0 Å². The summed E-state index contributed by atoms with van der Waals surface area (Å²) in [5.41, 5.74) is 7.97. The summed E-state index contributed by atoms with van der Waals surface area (Å²) in [5.74, 6) is -0.231. The van der Waals surface area contributed by atoms with E-state index in [-0.39, 0.29) is 5.91 Å². The average molecular weight is 318 g/mol. The van der Waals surface area contributed by atoms with Gasteiger partial charge in [0.1, 0.15) is 5.69 Å². The Kier molecular flexibility index (Phi) is 3.96. The first-order valence-corrected chi connectivity index (χ1v) is 8.18. The highest BCUT2D eigenvalue weighted by Crippen LogP contribution is 2.27. The fourth-order valence-electron chi connectivity index (χ4n) is 1.90. The quantitative estimate of drug-likeness (QED) is 0.775. The molecule has 0 aliphatic rings. The second kappa shape index (κ2) is 5.88. The maximum absolute atomic E-state index is 12.1. The molecular formula is C14H14N4OS2. The van der Waals surface area contributed by atoms with Crippen LogP contribution < -0.4 is 11.1 Å². The fourth-order valence-corrected chi connectivity index (χ4v) is 3.65. The maximum atomic E-state index is 12.1. The molecule has 0 saturated carbocycles. The molecule has 2 aromatic heterocycles. The molecule has 5 nitrogen and oxygen atoms in total. The van der Waals surface area contributed by atoms with Crippen LogP contribution in [-0.4, -0.2) is 22.4 Å². The van der Waals surface area contributed by atoms with Crippen LogP contribution in [0.3, 0.4) is 0 Å². The Bertz CT molecular complexity index is 793. The predicted octanol–water partition coefficient (Wildman–Crippen LogP) is 2.81. The van der Waals surface area contributed by atoms with Crippen molar-refractivity contribution in [2.45, 2.75) is 13.3 Å². The number of nitrogens with two attached hydrogens (primary N) is 1. The molecule has 0 atom stereocenters. The van der Waals surface area contributed by atoms with Gasteiger partial charge in [0.2, 0.25) is 0 Å². The molecule has 3 N–H and O–H groups in total. The van der Waals surface area contributed by atoms with Gasteiger partial charge in [0, 0.05) is 11.8 Å². The number of hydrogen-bond donors (Lipinski definition) is 2. The molecule has 7 heteroatoms. The van der Waals surface area contributed by atoms with Gasteiger partial charge in [-0.25, -0.2) is 9.97 Å². The van der Waals surface area contributed by atoms with Crippen LogP contribution in [0.4, 0.5) is 5.13 Å². The molecule has 0 radical (unpaired) electrons. The van der Waals surface area contributed by atoms with E-state index < -0.39 is 0 Å². The van der Waals surface area contributed by atoms with Gasteiger partial charge in [0.05, 0.1) is 15.2 Å². The molecule has 0 fully saturated rings. The number of fused-ring (bicyclic) bond motifs is 1. The number of nitrogens with one attached hydrogen (secondary N) is 1. The van der Waals surface area contributed by atoms with Gasteiger partial charge >= 0.3 is 0 Å². The molecule has 0 aliphatic carbocycles. The van der Waals surface area contributed by atoms with Crippen molar-refractivity contribution in [1.29, 1.82) is 0 Å². The minimum atomic E-state index is -0.231. The number of hydrogen-bond acceptors (Lipinski definition) is 6. The normalized spacial score (nSPS) is 11.0. The van der Waals surface area contributed by atoms with Gasteiger partial charge in [-0.1, -0.05) is 17.4 Å². The lowest BCUT2D eigenvalue weighted by Crippen LogP contribution is -2.12. The van der Waals surface area contributed by atoms with Crippen molar-refractivity contribution >= 4 is 43.9 Å². The van der Waals surface area contributed by atoms with Crippen molar-refractivity contribution in [3.8, 4) is 0 Å². The monoisotopic (exact) mass is 318 g/mol. The number of carbonyl (C=O) groups excluding carboxylic acids is 1. The van der Waals surface area contributed by atoms with E-state index in [4.69, 9.17) is 5.73 Å². The fraction of sp³-hybridized carbons (Fsp3) is 0.214. The van der Waals surface area contributed by atoms with Crippen molar-refractivity contribution in [3.63, 3.8) is 0 Å². The molecule has 0 unspecified atom stereocenters. The van der Waals surface area contributed by atoms with Crippen molar-refractivity contribution in [3.05, 3.63) is 39.8 Å². The van der Waals surface area contributed by atoms with Crippen LogP contribution in [0.15, 0.2) is 23.6 Å². The Labute approximate surface area is 129 Å². The van der Waals surface area contributed by atoms with Crippen LogP contribution >= 0.6 is 22.7 Å². The molecule has 0 spiro atoms. The second-order valence-electron chi connectivity index (χ2n) is 4.61. The largest absolute Gasteiger partial charge is 0.330 e. The third kappa shape index (κ3) is 3.10. The Morgan fingerprint density at radius 1 is 1.38 bits per heavy atom. The molecular weight excluding hydrogens is 304 g/mol. The summed E-state index contributed by atoms with van der Waals surface area (Å²) in [5, 5.41) is 6.02. The van der Waals surface area contributed by atoms with E-state index in [0.29, 0.717) is 23.8 Å². The van der Waals surface area contributed by atoms with Crippen LogP contribution in [-0.2, 0) is 6.42 Å². The van der Waals surface area contributed by atoms with Crippen molar-refractivity contribution in [2.75, 3.05) is 11.9 Å². The Morgan fingerprint density at radius 3 is 3.05 bits per heavy atom. The van der Waals surface area contributed by atoms with E-state index in [2.05, 4.69) is 21.4 Å². The summed E-state index contributed by atoms with van der Waals surface area (Å²) >= 11 is 2.92. The standard InChI is InChI=1S/C14H14N4OS2/c1-8-2-3-9-11(6-8)21-14(17-9)18-13(19)10-7-20-12(16-10)4-5-15/h2-3,6-7H,4-5,15H2,1H3,(H,17,18,19). The first-order chi connectivity index (χ1) is 10.2. The van der Waals surface area contributed by atoms with E-state index >= 15 is 0 Å². The van der Waals surface area contributed by atoms with Gasteiger partial charge in [0.25, 0.3) is 5.91 Å². The van der Waals surface area contributed by atoms with E-state index in [1.165, 1.54) is 28.2 Å². The minimum absolute atomic E-state index is 0.231. The summed E-state index contributed by atoms with van der Waals surface area (Å²) in [6, 6.07) is 6.02. The van der Waals surface area contributed by atoms with Gasteiger partial charge in [-0.15, -0.1) is 11.3 Å². The van der Waals surface area contributed by atoms with Crippen molar-refractivity contribution in [2.24, 2.45) is 5.73 Å². The number of amides is 1. The third-order valence-corrected chi connectivity index (χ3v) is 4.75. The molecule has 0 saturated heterocycles. The summed E-state index contributed by atoms with van der Waals surface area (Å²) in [6.07, 6.45) is 0.693. The van der Waals surface area contributed by atoms with Crippen LogP contribution in [0, 0.1) is 6.92 Å². The molecule has 21 heavy (non-hydrogen) atoms. The van der Waals surface area contributed by atoms with E-state index in [0.717, 1.165) is 15.2 Å². The van der Waals surface area contributed by atoms with Gasteiger partial charge in [-0.2, -0.15) is 0 Å². The SMILES string of the molecule is Cc1ccc2nc(NC(=O)c3csc(CCN)n3)sc2c1. The molecule has 2 heterocycles. The minimum Gasteiger partial charge on any atom is -0.330 e. The number of rotatable bonds is 4. The molecule has 1 amide bonds. The number of aromatic nitrogens is 2. The van der Waals surface area contributed by atoms with E-state index in [1.807, 2.05) is 19.1 Å². The van der Waals surface area contributed by atoms with Crippen LogP contribution in [0.25, 0.3) is 10.2 Å². The summed E-state index contributed by atoms with van der Waals surface area (Å²) in [7, 11) is 0. The number of thiazole rings is 2. The average Bonchev–Trinajstić information content (AvgIpc) is 3.05. The van der Waals surface area contributed by atoms with Gasteiger partial charge < -0.3 is 5.73 Å².